The molecule has 0 bridgehead atoms. The molecule has 0 radical (unpaired) electrons. The highest BCUT2D eigenvalue weighted by Crippen LogP contribution is 2.34. The minimum atomic E-state index is -0.212. The molecule has 3 aliphatic rings. The fraction of sp³-hybridized carbons (Fsp3) is 0.679. The second-order valence-electron chi connectivity index (χ2n) is 11.0. The van der Waals surface area contributed by atoms with Crippen LogP contribution < -0.4 is 10.1 Å². The van der Waals surface area contributed by atoms with Gasteiger partial charge in [-0.25, -0.2) is 0 Å². The van der Waals surface area contributed by atoms with Crippen molar-refractivity contribution in [3.8, 4) is 5.75 Å². The van der Waals surface area contributed by atoms with Gasteiger partial charge in [0.2, 0.25) is 11.8 Å². The first-order valence-corrected chi connectivity index (χ1v) is 13.4. The number of ether oxygens (including phenoxy) is 2. The molecule has 1 N–H and O–H groups in total. The van der Waals surface area contributed by atoms with Crippen LogP contribution in [0, 0.1) is 17.8 Å². The number of methoxy groups -OCH3 is 1. The third-order valence-electron chi connectivity index (χ3n) is 7.92. The first-order chi connectivity index (χ1) is 17.3. The van der Waals surface area contributed by atoms with E-state index in [1.165, 1.54) is 0 Å². The molecule has 1 heterocycles. The zero-order chi connectivity index (χ0) is 25.8. The second-order valence-corrected chi connectivity index (χ2v) is 11.0. The van der Waals surface area contributed by atoms with E-state index in [1.807, 2.05) is 11.8 Å². The van der Waals surface area contributed by atoms with Gasteiger partial charge in [0, 0.05) is 57.3 Å². The van der Waals surface area contributed by atoms with Crippen molar-refractivity contribution in [2.75, 3.05) is 39.2 Å². The molecular formula is C28H41N3O5. The molecule has 3 atom stereocenters. The molecule has 2 aliphatic carbocycles. The predicted molar refractivity (Wildman–Crippen MR) is 138 cm³/mol. The predicted octanol–water partition coefficient (Wildman–Crippen LogP) is 3.95. The molecule has 36 heavy (non-hydrogen) atoms. The Kier molecular flexibility index (Phi) is 8.54. The summed E-state index contributed by atoms with van der Waals surface area (Å²) in [7, 11) is 3.41. The van der Waals surface area contributed by atoms with Crippen LogP contribution in [0.1, 0.15) is 69.2 Å². The molecule has 3 amide bonds. The van der Waals surface area contributed by atoms with Gasteiger partial charge in [0.1, 0.15) is 12.4 Å². The van der Waals surface area contributed by atoms with Crippen LogP contribution in [0.15, 0.2) is 18.2 Å². The van der Waals surface area contributed by atoms with Crippen LogP contribution in [0.4, 0.5) is 5.69 Å². The van der Waals surface area contributed by atoms with Gasteiger partial charge in [-0.1, -0.05) is 19.8 Å². The van der Waals surface area contributed by atoms with Gasteiger partial charge in [-0.15, -0.1) is 0 Å². The van der Waals surface area contributed by atoms with Gasteiger partial charge in [0.05, 0.1) is 17.7 Å². The normalized spacial score (nSPS) is 26.0. The molecule has 8 nitrogen and oxygen atoms in total. The van der Waals surface area contributed by atoms with E-state index in [2.05, 4.69) is 12.2 Å². The van der Waals surface area contributed by atoms with Crippen LogP contribution in [-0.4, -0.2) is 73.5 Å². The van der Waals surface area contributed by atoms with Crippen LogP contribution >= 0.6 is 0 Å². The maximum Gasteiger partial charge on any atom is 0.257 e. The van der Waals surface area contributed by atoms with E-state index in [1.54, 1.807) is 37.3 Å². The van der Waals surface area contributed by atoms with Gasteiger partial charge < -0.3 is 24.6 Å². The smallest absolute Gasteiger partial charge is 0.257 e. The zero-order valence-corrected chi connectivity index (χ0v) is 22.1. The SMILES string of the molecule is CO[C@H]1CN(C)C(=O)c2ccc(NC(=O)C3CCCC3)cc2OC[C@@H](C)N(C(=O)CC2CC2)C[C@@H]1C. The molecule has 198 valence electrons. The molecule has 8 heteroatoms. The van der Waals surface area contributed by atoms with Crippen molar-refractivity contribution in [2.45, 2.75) is 70.9 Å². The largest absolute Gasteiger partial charge is 0.491 e. The second kappa shape index (κ2) is 11.6. The summed E-state index contributed by atoms with van der Waals surface area (Å²) in [6.07, 6.45) is 6.60. The number of likely N-dealkylation sites (N-methyl/N-ethyl adjacent to an activating group) is 1. The minimum absolute atomic E-state index is 0.0196. The van der Waals surface area contributed by atoms with Gasteiger partial charge in [0.15, 0.2) is 0 Å². The van der Waals surface area contributed by atoms with E-state index < -0.39 is 0 Å². The number of carbonyl (C=O) groups is 3. The Morgan fingerprint density at radius 2 is 1.83 bits per heavy atom. The number of hydrogen-bond donors (Lipinski definition) is 1. The quantitative estimate of drug-likeness (QED) is 0.663. The van der Waals surface area contributed by atoms with Crippen molar-refractivity contribution < 1.29 is 23.9 Å². The Bertz CT molecular complexity index is 957. The van der Waals surface area contributed by atoms with E-state index >= 15 is 0 Å². The van der Waals surface area contributed by atoms with Crippen LogP contribution in [0.5, 0.6) is 5.75 Å². The maximum absolute atomic E-state index is 13.4. The lowest BCUT2D eigenvalue weighted by Gasteiger charge is -2.36. The third-order valence-corrected chi connectivity index (χ3v) is 7.92. The number of nitrogens with one attached hydrogen (secondary N) is 1. The Hall–Kier alpha value is -2.61. The number of fused-ring (bicyclic) bond motifs is 1. The molecule has 2 saturated carbocycles. The zero-order valence-electron chi connectivity index (χ0n) is 22.1. The number of rotatable bonds is 5. The lowest BCUT2D eigenvalue weighted by atomic mass is 10.0. The summed E-state index contributed by atoms with van der Waals surface area (Å²) in [4.78, 5) is 42.8. The van der Waals surface area contributed by atoms with Gasteiger partial charge >= 0.3 is 0 Å². The Labute approximate surface area is 214 Å². The summed E-state index contributed by atoms with van der Waals surface area (Å²) in [6.45, 7) is 5.25. The van der Waals surface area contributed by atoms with Crippen LogP contribution in [0.2, 0.25) is 0 Å². The molecule has 4 rings (SSSR count). The molecule has 2 fully saturated rings. The average Bonchev–Trinajstić information content (AvgIpc) is 3.49. The van der Waals surface area contributed by atoms with Gasteiger partial charge in [0.25, 0.3) is 5.91 Å². The summed E-state index contributed by atoms with van der Waals surface area (Å²) in [5, 5.41) is 3.01. The Morgan fingerprint density at radius 1 is 1.11 bits per heavy atom. The first kappa shape index (κ1) is 26.5. The number of hydrogen-bond acceptors (Lipinski definition) is 5. The highest BCUT2D eigenvalue weighted by Gasteiger charge is 2.33. The molecule has 1 aromatic carbocycles. The summed E-state index contributed by atoms with van der Waals surface area (Å²) >= 11 is 0. The minimum Gasteiger partial charge on any atom is -0.491 e. The summed E-state index contributed by atoms with van der Waals surface area (Å²) in [5.41, 5.74) is 1.05. The van der Waals surface area contributed by atoms with E-state index in [0.29, 0.717) is 42.4 Å². The molecule has 0 spiro atoms. The fourth-order valence-corrected chi connectivity index (χ4v) is 5.32. The topological polar surface area (TPSA) is 88.2 Å². The molecule has 0 aromatic heterocycles. The van der Waals surface area contributed by atoms with Crippen molar-refractivity contribution in [1.82, 2.24) is 9.80 Å². The number of amides is 3. The van der Waals surface area contributed by atoms with Crippen molar-refractivity contribution in [1.29, 1.82) is 0 Å². The monoisotopic (exact) mass is 499 g/mol. The first-order valence-electron chi connectivity index (χ1n) is 13.4. The average molecular weight is 500 g/mol. The summed E-state index contributed by atoms with van der Waals surface area (Å²) < 4.78 is 12.0. The maximum atomic E-state index is 13.4. The molecular weight excluding hydrogens is 458 g/mol. The molecule has 1 aromatic rings. The molecule has 1 aliphatic heterocycles. The fourth-order valence-electron chi connectivity index (χ4n) is 5.32. The Morgan fingerprint density at radius 3 is 2.50 bits per heavy atom. The van der Waals surface area contributed by atoms with Crippen LogP contribution in [-0.2, 0) is 14.3 Å². The number of carbonyl (C=O) groups excluding carboxylic acids is 3. The van der Waals surface area contributed by atoms with Gasteiger partial charge in [-0.2, -0.15) is 0 Å². The van der Waals surface area contributed by atoms with Crippen molar-refractivity contribution in [2.24, 2.45) is 17.8 Å². The van der Waals surface area contributed by atoms with E-state index in [9.17, 15) is 14.4 Å². The lowest BCUT2D eigenvalue weighted by Crippen LogP contribution is -2.48. The van der Waals surface area contributed by atoms with Crippen molar-refractivity contribution in [3.05, 3.63) is 23.8 Å². The van der Waals surface area contributed by atoms with E-state index in [0.717, 1.165) is 38.5 Å². The van der Waals surface area contributed by atoms with Crippen LogP contribution in [0.25, 0.3) is 0 Å². The standard InChI is InChI=1S/C28H41N3O5/c1-18-15-31(26(32)13-20-9-10-20)19(2)17-36-24-14-22(29-27(33)21-7-5-6-8-21)11-12-23(24)28(34)30(3)16-25(18)35-4/h11-12,14,18-21,25H,5-10,13,15-17H2,1-4H3,(H,29,33)/t18-,19+,25-/m0/s1. The number of benzene rings is 1. The third kappa shape index (κ3) is 6.38. The highest BCUT2D eigenvalue weighted by molar-refractivity contribution is 5.98. The van der Waals surface area contributed by atoms with E-state index in [4.69, 9.17) is 9.47 Å². The van der Waals surface area contributed by atoms with E-state index in [-0.39, 0.29) is 48.3 Å². The van der Waals surface area contributed by atoms with Gasteiger partial charge in [-0.05, 0) is 50.7 Å². The van der Waals surface area contributed by atoms with Crippen molar-refractivity contribution >= 4 is 23.4 Å². The number of anilines is 1. The summed E-state index contributed by atoms with van der Waals surface area (Å²) in [6, 6.07) is 5.04. The van der Waals surface area contributed by atoms with Crippen LogP contribution in [0.3, 0.4) is 0 Å². The van der Waals surface area contributed by atoms with Gasteiger partial charge in [-0.3, -0.25) is 14.4 Å². The highest BCUT2D eigenvalue weighted by atomic mass is 16.5. The molecule has 0 unspecified atom stereocenters. The lowest BCUT2D eigenvalue weighted by molar-refractivity contribution is -0.135. The Balaban J connectivity index is 1.59. The summed E-state index contributed by atoms with van der Waals surface area (Å²) in [5.74, 6) is 1.00. The molecule has 0 saturated heterocycles. The van der Waals surface area contributed by atoms with Crippen molar-refractivity contribution in [3.63, 3.8) is 0 Å². The number of nitrogens with zero attached hydrogens (tertiary/aromatic N) is 2.